The van der Waals surface area contributed by atoms with Crippen molar-refractivity contribution in [1.29, 1.82) is 0 Å². The molecule has 0 heterocycles. The van der Waals surface area contributed by atoms with Crippen molar-refractivity contribution in [3.05, 3.63) is 23.8 Å². The summed E-state index contributed by atoms with van der Waals surface area (Å²) in [6.07, 6.45) is -4.26. The number of benzene rings is 1. The van der Waals surface area contributed by atoms with E-state index in [0.717, 1.165) is 4.90 Å². The summed E-state index contributed by atoms with van der Waals surface area (Å²) in [5.41, 5.74) is 0.985. The lowest BCUT2D eigenvalue weighted by Gasteiger charge is -2.22. The Morgan fingerprint density at radius 1 is 1.39 bits per heavy atom. The molecule has 102 valence electrons. The number of hydrogen-bond acceptors (Lipinski definition) is 3. The van der Waals surface area contributed by atoms with E-state index in [4.69, 9.17) is 0 Å². The molecule has 0 fully saturated rings. The molecule has 1 aromatic rings. The van der Waals surface area contributed by atoms with Crippen molar-refractivity contribution in [1.82, 2.24) is 5.32 Å². The minimum absolute atomic E-state index is 0.0108. The van der Waals surface area contributed by atoms with Gasteiger partial charge in [0.2, 0.25) is 0 Å². The Bertz CT molecular complexity index is 407. The molecule has 0 radical (unpaired) electrons. The van der Waals surface area contributed by atoms with Crippen molar-refractivity contribution in [3.63, 3.8) is 0 Å². The first-order valence-corrected chi connectivity index (χ1v) is 5.52. The first-order chi connectivity index (χ1) is 8.24. The van der Waals surface area contributed by atoms with Gasteiger partial charge in [0.1, 0.15) is 12.3 Å². The van der Waals surface area contributed by atoms with E-state index in [1.54, 1.807) is 19.2 Å². The van der Waals surface area contributed by atoms with Gasteiger partial charge in [-0.2, -0.15) is 13.2 Å². The largest absolute Gasteiger partial charge is 0.508 e. The normalized spacial score (nSPS) is 13.4. The highest BCUT2D eigenvalue weighted by Crippen LogP contribution is 2.29. The van der Waals surface area contributed by atoms with E-state index in [2.05, 4.69) is 5.32 Å². The second-order valence-electron chi connectivity index (χ2n) is 4.22. The van der Waals surface area contributed by atoms with E-state index in [0.29, 0.717) is 11.3 Å². The van der Waals surface area contributed by atoms with Gasteiger partial charge in [-0.3, -0.25) is 0 Å². The number of aromatic hydroxyl groups is 1. The number of hydrogen-bond donors (Lipinski definition) is 2. The van der Waals surface area contributed by atoms with Gasteiger partial charge >= 0.3 is 6.18 Å². The molecule has 0 spiro atoms. The Kier molecular flexibility index (Phi) is 4.45. The molecule has 1 unspecified atom stereocenters. The van der Waals surface area contributed by atoms with Gasteiger partial charge in [-0.1, -0.05) is 6.07 Å². The molecule has 3 nitrogen and oxygen atoms in total. The van der Waals surface area contributed by atoms with Gasteiger partial charge in [0.15, 0.2) is 0 Å². The van der Waals surface area contributed by atoms with Crippen LogP contribution in [0.5, 0.6) is 5.75 Å². The number of rotatable bonds is 4. The lowest BCUT2D eigenvalue weighted by molar-refractivity contribution is -0.119. The van der Waals surface area contributed by atoms with E-state index < -0.39 is 12.7 Å². The van der Waals surface area contributed by atoms with Gasteiger partial charge in [0, 0.05) is 30.4 Å². The van der Waals surface area contributed by atoms with E-state index in [9.17, 15) is 18.3 Å². The monoisotopic (exact) mass is 262 g/mol. The van der Waals surface area contributed by atoms with Crippen LogP contribution in [0.2, 0.25) is 0 Å². The highest BCUT2D eigenvalue weighted by atomic mass is 19.4. The quantitative estimate of drug-likeness (QED) is 0.875. The number of anilines is 1. The minimum Gasteiger partial charge on any atom is -0.508 e. The predicted octanol–water partition coefficient (Wildman–Crippen LogP) is 2.67. The Morgan fingerprint density at radius 3 is 2.44 bits per heavy atom. The van der Waals surface area contributed by atoms with Crippen LogP contribution in [0.15, 0.2) is 18.2 Å². The second kappa shape index (κ2) is 5.48. The van der Waals surface area contributed by atoms with Crippen LogP contribution in [0.3, 0.4) is 0 Å². The number of phenols is 1. The van der Waals surface area contributed by atoms with Gasteiger partial charge in [-0.25, -0.2) is 0 Å². The minimum atomic E-state index is -4.26. The molecular weight excluding hydrogens is 245 g/mol. The lowest BCUT2D eigenvalue weighted by Crippen LogP contribution is -2.30. The third kappa shape index (κ3) is 3.80. The molecule has 1 atom stereocenters. The molecule has 2 N–H and O–H groups in total. The van der Waals surface area contributed by atoms with E-state index in [1.807, 2.05) is 6.92 Å². The summed E-state index contributed by atoms with van der Waals surface area (Å²) in [7, 11) is 3.08. The van der Waals surface area contributed by atoms with E-state index >= 15 is 0 Å². The van der Waals surface area contributed by atoms with Crippen molar-refractivity contribution in [2.24, 2.45) is 0 Å². The van der Waals surface area contributed by atoms with Crippen LogP contribution in [0.1, 0.15) is 18.5 Å². The van der Waals surface area contributed by atoms with E-state index in [1.165, 1.54) is 13.1 Å². The standard InChI is InChI=1S/C12H17F3N2O/c1-8(16-2)10-5-4-9(6-11(10)18)17(3)7-12(13,14)15/h4-6,8,16,18H,7H2,1-3H3. The molecule has 0 aliphatic rings. The summed E-state index contributed by atoms with van der Waals surface area (Å²) in [4.78, 5) is 1.05. The van der Waals surface area contributed by atoms with Crippen LogP contribution in [0.4, 0.5) is 18.9 Å². The van der Waals surface area contributed by atoms with Gasteiger partial charge in [-0.15, -0.1) is 0 Å². The predicted molar refractivity (Wildman–Crippen MR) is 64.9 cm³/mol. The summed E-state index contributed by atoms with van der Waals surface area (Å²) in [6.45, 7) is 0.807. The van der Waals surface area contributed by atoms with Crippen molar-refractivity contribution < 1.29 is 18.3 Å². The number of phenolic OH excluding ortho intramolecular Hbond substituents is 1. The molecule has 0 aliphatic carbocycles. The van der Waals surface area contributed by atoms with Crippen LogP contribution < -0.4 is 10.2 Å². The molecule has 18 heavy (non-hydrogen) atoms. The maximum absolute atomic E-state index is 12.2. The summed E-state index contributed by atoms with van der Waals surface area (Å²) in [5, 5.41) is 12.7. The van der Waals surface area contributed by atoms with Gasteiger partial charge in [-0.05, 0) is 20.0 Å². The van der Waals surface area contributed by atoms with E-state index in [-0.39, 0.29) is 11.8 Å². The summed E-state index contributed by atoms with van der Waals surface area (Å²) < 4.78 is 36.7. The molecule has 0 amide bonds. The Morgan fingerprint density at radius 2 is 2.00 bits per heavy atom. The third-order valence-electron chi connectivity index (χ3n) is 2.77. The number of halogens is 3. The molecular formula is C12H17F3N2O. The molecule has 0 aliphatic heterocycles. The van der Waals surface area contributed by atoms with Gasteiger partial charge in [0.25, 0.3) is 0 Å². The maximum atomic E-state index is 12.2. The lowest BCUT2D eigenvalue weighted by atomic mass is 10.1. The zero-order chi connectivity index (χ0) is 13.9. The average molecular weight is 262 g/mol. The summed E-state index contributed by atoms with van der Waals surface area (Å²) in [5.74, 6) is -0.0108. The topological polar surface area (TPSA) is 35.5 Å². The Labute approximate surface area is 104 Å². The van der Waals surface area contributed by atoms with Crippen molar-refractivity contribution in [2.75, 3.05) is 25.5 Å². The molecule has 0 aromatic heterocycles. The fourth-order valence-corrected chi connectivity index (χ4v) is 1.65. The second-order valence-corrected chi connectivity index (χ2v) is 4.22. The highest BCUT2D eigenvalue weighted by Gasteiger charge is 2.29. The fraction of sp³-hybridized carbons (Fsp3) is 0.500. The Balaban J connectivity index is 2.90. The van der Waals surface area contributed by atoms with Crippen LogP contribution in [-0.4, -0.2) is 31.9 Å². The number of nitrogens with one attached hydrogen (secondary N) is 1. The molecule has 0 bridgehead atoms. The zero-order valence-corrected chi connectivity index (χ0v) is 10.5. The van der Waals surface area contributed by atoms with Crippen LogP contribution in [-0.2, 0) is 0 Å². The molecule has 1 rings (SSSR count). The average Bonchev–Trinajstić information content (AvgIpc) is 2.25. The summed E-state index contributed by atoms with van der Waals surface area (Å²) >= 11 is 0. The van der Waals surface area contributed by atoms with Crippen molar-refractivity contribution in [3.8, 4) is 5.75 Å². The zero-order valence-electron chi connectivity index (χ0n) is 10.5. The molecule has 0 saturated carbocycles. The number of nitrogens with zero attached hydrogens (tertiary/aromatic N) is 1. The molecule has 0 saturated heterocycles. The van der Waals surface area contributed by atoms with Crippen LogP contribution >= 0.6 is 0 Å². The SMILES string of the molecule is CNC(C)c1ccc(N(C)CC(F)(F)F)cc1O. The third-order valence-corrected chi connectivity index (χ3v) is 2.77. The van der Waals surface area contributed by atoms with Crippen LogP contribution in [0.25, 0.3) is 0 Å². The van der Waals surface area contributed by atoms with Crippen LogP contribution in [0, 0.1) is 0 Å². The highest BCUT2D eigenvalue weighted by molar-refractivity contribution is 5.53. The molecule has 1 aromatic carbocycles. The summed E-state index contributed by atoms with van der Waals surface area (Å²) in [6, 6.07) is 4.47. The fourth-order valence-electron chi connectivity index (χ4n) is 1.65. The smallest absolute Gasteiger partial charge is 0.405 e. The number of alkyl halides is 3. The maximum Gasteiger partial charge on any atom is 0.405 e. The molecule has 6 heteroatoms. The van der Waals surface area contributed by atoms with Gasteiger partial charge in [0.05, 0.1) is 0 Å². The van der Waals surface area contributed by atoms with Gasteiger partial charge < -0.3 is 15.3 Å². The first kappa shape index (κ1) is 14.6. The van der Waals surface area contributed by atoms with Crippen molar-refractivity contribution in [2.45, 2.75) is 19.1 Å². The Hall–Kier alpha value is -1.43. The first-order valence-electron chi connectivity index (χ1n) is 5.52. The van der Waals surface area contributed by atoms with Crippen molar-refractivity contribution >= 4 is 5.69 Å².